The number of benzene rings is 2. The summed E-state index contributed by atoms with van der Waals surface area (Å²) in [5.74, 6) is 0.528. The topological polar surface area (TPSA) is 80.6 Å². The van der Waals surface area contributed by atoms with Crippen LogP contribution in [0.1, 0.15) is 17.5 Å². The van der Waals surface area contributed by atoms with Crippen LogP contribution in [0.25, 0.3) is 6.08 Å². The van der Waals surface area contributed by atoms with Gasteiger partial charge < -0.3 is 19.5 Å². The van der Waals surface area contributed by atoms with Crippen molar-refractivity contribution in [1.29, 1.82) is 5.26 Å². The van der Waals surface area contributed by atoms with E-state index in [1.54, 1.807) is 43.5 Å². The number of carbonyl (C=O) groups excluding carboxylic acids is 1. The van der Waals surface area contributed by atoms with Crippen molar-refractivity contribution in [3.05, 3.63) is 63.1 Å². The predicted molar refractivity (Wildman–Crippen MR) is 117 cm³/mol. The number of rotatable bonds is 10. The molecule has 1 amide bonds. The summed E-state index contributed by atoms with van der Waals surface area (Å²) in [7, 11) is 3.10. The number of hydrogen-bond donors (Lipinski definition) is 1. The Kier molecular flexibility index (Phi) is 9.49. The van der Waals surface area contributed by atoms with Crippen LogP contribution in [0.15, 0.2) is 42.0 Å². The zero-order valence-electron chi connectivity index (χ0n) is 16.7. The first-order valence-electron chi connectivity index (χ1n) is 9.12. The minimum absolute atomic E-state index is 0.00363. The number of amides is 1. The Morgan fingerprint density at radius 3 is 2.63 bits per heavy atom. The van der Waals surface area contributed by atoms with Gasteiger partial charge in [-0.1, -0.05) is 35.3 Å². The van der Waals surface area contributed by atoms with Gasteiger partial charge in [0.05, 0.1) is 7.11 Å². The maximum Gasteiger partial charge on any atom is 0.261 e. The molecule has 0 aliphatic rings. The number of halogens is 2. The second-order valence-corrected chi connectivity index (χ2v) is 7.05. The average Bonchev–Trinajstić information content (AvgIpc) is 2.74. The monoisotopic (exact) mass is 448 g/mol. The second-order valence-electron chi connectivity index (χ2n) is 6.21. The highest BCUT2D eigenvalue weighted by molar-refractivity contribution is 6.35. The van der Waals surface area contributed by atoms with Gasteiger partial charge in [-0.05, 0) is 42.3 Å². The Labute approximate surface area is 185 Å². The first kappa shape index (κ1) is 23.6. The molecule has 6 nitrogen and oxygen atoms in total. The van der Waals surface area contributed by atoms with Crippen LogP contribution in [-0.4, -0.2) is 33.3 Å². The molecule has 0 bridgehead atoms. The predicted octanol–water partition coefficient (Wildman–Crippen LogP) is 4.64. The largest absolute Gasteiger partial charge is 0.493 e. The van der Waals surface area contributed by atoms with Gasteiger partial charge in [-0.15, -0.1) is 0 Å². The molecule has 2 aromatic rings. The zero-order valence-corrected chi connectivity index (χ0v) is 18.2. The lowest BCUT2D eigenvalue weighted by Gasteiger charge is -2.12. The summed E-state index contributed by atoms with van der Waals surface area (Å²) in [5, 5.41) is 13.1. The number of ether oxygens (including phenoxy) is 3. The Balaban J connectivity index is 2.10. The van der Waals surface area contributed by atoms with E-state index in [9.17, 15) is 10.1 Å². The van der Waals surface area contributed by atoms with E-state index in [-0.39, 0.29) is 12.2 Å². The van der Waals surface area contributed by atoms with Crippen molar-refractivity contribution in [2.75, 3.05) is 27.4 Å². The van der Waals surface area contributed by atoms with Crippen LogP contribution in [0.3, 0.4) is 0 Å². The Morgan fingerprint density at radius 2 is 1.97 bits per heavy atom. The number of hydrogen-bond acceptors (Lipinski definition) is 5. The number of nitrogens with zero attached hydrogens (tertiary/aromatic N) is 1. The third-order valence-electron chi connectivity index (χ3n) is 4.07. The highest BCUT2D eigenvalue weighted by Gasteiger charge is 2.11. The van der Waals surface area contributed by atoms with Crippen LogP contribution in [0.4, 0.5) is 0 Å². The molecule has 0 unspecified atom stereocenters. The van der Waals surface area contributed by atoms with Gasteiger partial charge in [0.15, 0.2) is 11.5 Å². The van der Waals surface area contributed by atoms with E-state index in [1.165, 1.54) is 13.2 Å². The molecule has 0 spiro atoms. The van der Waals surface area contributed by atoms with Gasteiger partial charge in [-0.25, -0.2) is 0 Å². The quantitative estimate of drug-likeness (QED) is 0.325. The summed E-state index contributed by atoms with van der Waals surface area (Å²) in [5.41, 5.74) is 1.41. The van der Waals surface area contributed by atoms with Crippen molar-refractivity contribution in [2.24, 2.45) is 0 Å². The fourth-order valence-corrected chi connectivity index (χ4v) is 2.98. The van der Waals surface area contributed by atoms with E-state index in [1.807, 2.05) is 6.07 Å². The maximum absolute atomic E-state index is 12.2. The lowest BCUT2D eigenvalue weighted by atomic mass is 10.1. The number of nitrogens with one attached hydrogen (secondary N) is 1. The van der Waals surface area contributed by atoms with E-state index in [2.05, 4.69) is 5.32 Å². The molecule has 0 atom stereocenters. The van der Waals surface area contributed by atoms with E-state index in [4.69, 9.17) is 37.4 Å². The van der Waals surface area contributed by atoms with Gasteiger partial charge in [0, 0.05) is 35.9 Å². The van der Waals surface area contributed by atoms with Crippen LogP contribution in [0.5, 0.6) is 11.5 Å². The fourth-order valence-electron chi connectivity index (χ4n) is 2.52. The SMILES string of the molecule is COCCCNC(=O)/C(C#N)=C/c1ccc(OCc2ccc(Cl)cc2Cl)c(OC)c1. The Hall–Kier alpha value is -2.72. The summed E-state index contributed by atoms with van der Waals surface area (Å²) in [6.07, 6.45) is 2.16. The smallest absolute Gasteiger partial charge is 0.261 e. The third-order valence-corrected chi connectivity index (χ3v) is 4.66. The van der Waals surface area contributed by atoms with E-state index in [0.29, 0.717) is 46.7 Å². The highest BCUT2D eigenvalue weighted by atomic mass is 35.5. The normalized spacial score (nSPS) is 11.0. The molecular formula is C22H22Cl2N2O4. The molecule has 0 saturated heterocycles. The molecule has 0 radical (unpaired) electrons. The average molecular weight is 449 g/mol. The molecular weight excluding hydrogens is 427 g/mol. The van der Waals surface area contributed by atoms with Crippen LogP contribution < -0.4 is 14.8 Å². The van der Waals surface area contributed by atoms with Crippen molar-refractivity contribution in [1.82, 2.24) is 5.32 Å². The van der Waals surface area contributed by atoms with Crippen LogP contribution in [0.2, 0.25) is 10.0 Å². The van der Waals surface area contributed by atoms with Gasteiger partial charge in [-0.2, -0.15) is 5.26 Å². The molecule has 8 heteroatoms. The van der Waals surface area contributed by atoms with Crippen LogP contribution in [0, 0.1) is 11.3 Å². The number of methoxy groups -OCH3 is 2. The molecule has 0 saturated carbocycles. The molecule has 2 rings (SSSR count). The van der Waals surface area contributed by atoms with Crippen molar-refractivity contribution < 1.29 is 19.0 Å². The minimum atomic E-state index is -0.440. The van der Waals surface area contributed by atoms with Crippen molar-refractivity contribution >= 4 is 35.2 Å². The third kappa shape index (κ3) is 6.96. The molecule has 0 fully saturated rings. The van der Waals surface area contributed by atoms with Crippen LogP contribution in [-0.2, 0) is 16.1 Å². The van der Waals surface area contributed by atoms with E-state index in [0.717, 1.165) is 5.56 Å². The molecule has 0 heterocycles. The van der Waals surface area contributed by atoms with Crippen molar-refractivity contribution in [3.8, 4) is 17.6 Å². The van der Waals surface area contributed by atoms with E-state index < -0.39 is 5.91 Å². The Morgan fingerprint density at radius 1 is 1.17 bits per heavy atom. The Bertz CT molecular complexity index is 955. The molecule has 0 aliphatic carbocycles. The zero-order chi connectivity index (χ0) is 21.9. The highest BCUT2D eigenvalue weighted by Crippen LogP contribution is 2.31. The van der Waals surface area contributed by atoms with Crippen molar-refractivity contribution in [3.63, 3.8) is 0 Å². The number of nitriles is 1. The van der Waals surface area contributed by atoms with Crippen molar-refractivity contribution in [2.45, 2.75) is 13.0 Å². The minimum Gasteiger partial charge on any atom is -0.493 e. The maximum atomic E-state index is 12.2. The molecule has 1 N–H and O–H groups in total. The number of carbonyl (C=O) groups is 1. The molecule has 2 aromatic carbocycles. The lowest BCUT2D eigenvalue weighted by Crippen LogP contribution is -2.26. The molecule has 0 aliphatic heterocycles. The second kappa shape index (κ2) is 12.1. The summed E-state index contributed by atoms with van der Waals surface area (Å²) in [4.78, 5) is 12.2. The summed E-state index contributed by atoms with van der Waals surface area (Å²) >= 11 is 12.1. The van der Waals surface area contributed by atoms with Crippen LogP contribution >= 0.6 is 23.2 Å². The fraction of sp³-hybridized carbons (Fsp3) is 0.273. The summed E-state index contributed by atoms with van der Waals surface area (Å²) in [6.45, 7) is 1.19. The first-order valence-corrected chi connectivity index (χ1v) is 9.87. The van der Waals surface area contributed by atoms with Gasteiger partial charge >= 0.3 is 0 Å². The summed E-state index contributed by atoms with van der Waals surface area (Å²) in [6, 6.07) is 12.2. The van der Waals surface area contributed by atoms with E-state index >= 15 is 0 Å². The molecule has 0 aromatic heterocycles. The summed E-state index contributed by atoms with van der Waals surface area (Å²) < 4.78 is 16.1. The van der Waals surface area contributed by atoms with Gasteiger partial charge in [0.2, 0.25) is 0 Å². The molecule has 30 heavy (non-hydrogen) atoms. The molecule has 158 valence electrons. The van der Waals surface area contributed by atoms with Gasteiger partial charge in [0.1, 0.15) is 18.2 Å². The standard InChI is InChI=1S/C22H22Cl2N2O4/c1-28-9-3-8-26-22(27)17(13-25)10-15-4-7-20(21(11-15)29-2)30-14-16-5-6-18(23)12-19(16)24/h4-7,10-12H,3,8-9,14H2,1-2H3,(H,26,27)/b17-10+. The van der Waals surface area contributed by atoms with Gasteiger partial charge in [0.25, 0.3) is 5.91 Å². The first-order chi connectivity index (χ1) is 14.5. The lowest BCUT2D eigenvalue weighted by molar-refractivity contribution is -0.117. The van der Waals surface area contributed by atoms with Gasteiger partial charge in [-0.3, -0.25) is 4.79 Å².